The Morgan fingerprint density at radius 3 is 2.42 bits per heavy atom. The largest absolute Gasteiger partial charge is 0.483 e. The monoisotopic (exact) mass is 437 g/mol. The van der Waals surface area contributed by atoms with Crippen molar-refractivity contribution in [2.75, 3.05) is 51.2 Å². The van der Waals surface area contributed by atoms with Crippen LogP contribution >= 0.6 is 0 Å². The maximum absolute atomic E-state index is 12.8. The van der Waals surface area contributed by atoms with Gasteiger partial charge in [-0.3, -0.25) is 18.8 Å². The van der Waals surface area contributed by atoms with E-state index in [0.29, 0.717) is 31.8 Å². The summed E-state index contributed by atoms with van der Waals surface area (Å²) in [6.45, 7) is 3.75. The van der Waals surface area contributed by atoms with E-state index in [-0.39, 0.29) is 24.8 Å². The number of fused-ring (bicyclic) bond motifs is 1. The number of piperidine rings is 1. The summed E-state index contributed by atoms with van der Waals surface area (Å²) in [6.07, 6.45) is 3.52. The van der Waals surface area contributed by atoms with Gasteiger partial charge in [0.25, 0.3) is 18.7 Å². The van der Waals surface area contributed by atoms with Gasteiger partial charge >= 0.3 is 0 Å². The van der Waals surface area contributed by atoms with Crippen molar-refractivity contribution in [1.29, 1.82) is 0 Å². The highest BCUT2D eigenvalue weighted by Gasteiger charge is 2.35. The van der Waals surface area contributed by atoms with Crippen LogP contribution in [-0.4, -0.2) is 116 Å². The Morgan fingerprint density at radius 1 is 1.13 bits per heavy atom. The summed E-state index contributed by atoms with van der Waals surface area (Å²) in [7, 11) is 2.00. The molecular formula is C18H27N7O6. The molecule has 170 valence electrons. The highest BCUT2D eigenvalue weighted by atomic mass is 16.3. The quantitative estimate of drug-likeness (QED) is 0.468. The zero-order chi connectivity index (χ0) is 22.8. The zero-order valence-corrected chi connectivity index (χ0v) is 17.2. The Morgan fingerprint density at radius 2 is 1.77 bits per heavy atom. The number of aliphatic hydroxyl groups excluding tert-OH is 1. The summed E-state index contributed by atoms with van der Waals surface area (Å²) in [4.78, 5) is 39.9. The molecule has 1 amide bonds. The molecule has 4 rings (SSSR count). The molecule has 2 fully saturated rings. The third-order valence-corrected chi connectivity index (χ3v) is 5.20. The number of rotatable bonds is 2. The van der Waals surface area contributed by atoms with Crippen molar-refractivity contribution in [2.24, 2.45) is 5.92 Å². The van der Waals surface area contributed by atoms with Gasteiger partial charge in [0.1, 0.15) is 12.1 Å². The molecule has 31 heavy (non-hydrogen) atoms. The molecule has 0 radical (unpaired) electrons. The Balaban J connectivity index is 0.000000513. The van der Waals surface area contributed by atoms with E-state index >= 15 is 0 Å². The average molecular weight is 437 g/mol. The van der Waals surface area contributed by atoms with Gasteiger partial charge in [-0.25, -0.2) is 4.98 Å². The molecule has 0 aromatic carbocycles. The van der Waals surface area contributed by atoms with Crippen molar-refractivity contribution in [1.82, 2.24) is 29.4 Å². The van der Waals surface area contributed by atoms with Crippen LogP contribution in [0.3, 0.4) is 0 Å². The average Bonchev–Trinajstić information content (AvgIpc) is 3.25. The van der Waals surface area contributed by atoms with Crippen LogP contribution in [0.5, 0.6) is 0 Å². The van der Waals surface area contributed by atoms with Crippen LogP contribution in [0.15, 0.2) is 18.6 Å². The van der Waals surface area contributed by atoms with Crippen LogP contribution in [0.2, 0.25) is 0 Å². The molecule has 0 bridgehead atoms. The van der Waals surface area contributed by atoms with Gasteiger partial charge in [-0.15, -0.1) is 10.2 Å². The summed E-state index contributed by atoms with van der Waals surface area (Å²) in [5, 5.41) is 31.9. The lowest BCUT2D eigenvalue weighted by molar-refractivity contribution is -0.142. The second-order valence-corrected chi connectivity index (χ2v) is 7.05. The molecule has 2 aromatic heterocycles. The van der Waals surface area contributed by atoms with Crippen molar-refractivity contribution < 1.29 is 29.7 Å². The van der Waals surface area contributed by atoms with Gasteiger partial charge in [-0.1, -0.05) is 0 Å². The van der Waals surface area contributed by atoms with E-state index in [4.69, 9.17) is 19.8 Å². The minimum Gasteiger partial charge on any atom is -0.483 e. The number of hydrogen-bond acceptors (Lipinski definition) is 9. The fourth-order valence-corrected chi connectivity index (χ4v) is 3.72. The number of carboxylic acid groups (broad SMARTS) is 2. The van der Waals surface area contributed by atoms with E-state index in [1.807, 2.05) is 22.4 Å². The minimum absolute atomic E-state index is 0.0721. The van der Waals surface area contributed by atoms with Crippen molar-refractivity contribution in [3.05, 3.63) is 18.6 Å². The van der Waals surface area contributed by atoms with Gasteiger partial charge in [0.15, 0.2) is 0 Å². The molecule has 0 unspecified atom stereocenters. The van der Waals surface area contributed by atoms with Crippen LogP contribution in [0.4, 0.5) is 5.82 Å². The number of aromatic nitrogens is 4. The molecule has 2 aliphatic heterocycles. The van der Waals surface area contributed by atoms with Gasteiger partial charge in [0.05, 0.1) is 12.0 Å². The lowest BCUT2D eigenvalue weighted by Gasteiger charge is -2.40. The van der Waals surface area contributed by atoms with Crippen molar-refractivity contribution >= 4 is 30.4 Å². The van der Waals surface area contributed by atoms with Crippen molar-refractivity contribution in [3.63, 3.8) is 0 Å². The maximum Gasteiger partial charge on any atom is 0.290 e. The third-order valence-electron chi connectivity index (χ3n) is 5.20. The first-order chi connectivity index (χ1) is 15.0. The smallest absolute Gasteiger partial charge is 0.290 e. The second-order valence-electron chi connectivity index (χ2n) is 7.05. The SMILES string of the molecule is CN1CC[C@H](O)[C@H](C(=O)N2CCN(c3ccnc4nncn34)CC2)C1.O=CO.O=CO. The van der Waals surface area contributed by atoms with Gasteiger partial charge in [-0.05, 0) is 19.5 Å². The highest BCUT2D eigenvalue weighted by Crippen LogP contribution is 2.21. The number of carbonyl (C=O) groups excluding carboxylic acids is 1. The number of hydrogen-bond donors (Lipinski definition) is 3. The normalized spacial score (nSPS) is 21.4. The molecule has 13 nitrogen and oxygen atoms in total. The minimum atomic E-state index is -0.529. The Hall–Kier alpha value is -3.32. The van der Waals surface area contributed by atoms with E-state index in [0.717, 1.165) is 25.5 Å². The van der Waals surface area contributed by atoms with Gasteiger partial charge in [-0.2, -0.15) is 0 Å². The van der Waals surface area contributed by atoms with Crippen LogP contribution < -0.4 is 4.90 Å². The lowest BCUT2D eigenvalue weighted by Crippen LogP contribution is -2.55. The van der Waals surface area contributed by atoms with E-state index in [2.05, 4.69) is 25.0 Å². The first kappa shape index (κ1) is 24.0. The Bertz CT molecular complexity index is 849. The van der Waals surface area contributed by atoms with Gasteiger partial charge in [0.2, 0.25) is 5.91 Å². The number of amides is 1. The first-order valence-corrected chi connectivity index (χ1v) is 9.67. The summed E-state index contributed by atoms with van der Waals surface area (Å²) in [6, 6.07) is 1.94. The zero-order valence-electron chi connectivity index (χ0n) is 17.2. The molecule has 2 saturated heterocycles. The molecule has 13 heteroatoms. The van der Waals surface area contributed by atoms with E-state index in [1.165, 1.54) is 0 Å². The molecule has 2 atom stereocenters. The number of carbonyl (C=O) groups is 3. The molecule has 2 aliphatic rings. The lowest BCUT2D eigenvalue weighted by atomic mass is 9.93. The summed E-state index contributed by atoms with van der Waals surface area (Å²) >= 11 is 0. The summed E-state index contributed by atoms with van der Waals surface area (Å²) < 4.78 is 1.86. The van der Waals surface area contributed by atoms with E-state index < -0.39 is 6.10 Å². The summed E-state index contributed by atoms with van der Waals surface area (Å²) in [5.74, 6) is 1.32. The topological polar surface area (TPSA) is 165 Å². The maximum atomic E-state index is 12.8. The van der Waals surface area contributed by atoms with Crippen LogP contribution in [0.1, 0.15) is 6.42 Å². The predicted octanol–water partition coefficient (Wildman–Crippen LogP) is -1.51. The molecule has 0 saturated carbocycles. The van der Waals surface area contributed by atoms with Crippen LogP contribution in [0, 0.1) is 5.92 Å². The Labute approximate surface area is 178 Å². The second kappa shape index (κ2) is 11.8. The van der Waals surface area contributed by atoms with Crippen molar-refractivity contribution in [3.8, 4) is 0 Å². The third kappa shape index (κ3) is 6.08. The number of piperazine rings is 1. The van der Waals surface area contributed by atoms with E-state index in [1.54, 1.807) is 12.5 Å². The predicted molar refractivity (Wildman–Crippen MR) is 109 cm³/mol. The summed E-state index contributed by atoms with van der Waals surface area (Å²) in [5.41, 5.74) is 0. The standard InChI is InChI=1S/C16H23N7O2.2CH2O2/c1-20-5-3-13(24)12(10-20)15(25)22-8-6-21(7-9-22)14-2-4-17-16-19-18-11-23(14)16;2*2-1-3/h2,4,11-13,24H,3,5-10H2,1H3;2*1H,(H,2,3)/t12-,13+;;/m1../s1. The van der Waals surface area contributed by atoms with Crippen molar-refractivity contribution in [2.45, 2.75) is 12.5 Å². The van der Waals surface area contributed by atoms with Crippen LogP contribution in [-0.2, 0) is 14.4 Å². The molecule has 0 spiro atoms. The number of likely N-dealkylation sites (tertiary alicyclic amines) is 1. The number of nitrogens with zero attached hydrogens (tertiary/aromatic N) is 7. The van der Waals surface area contributed by atoms with E-state index in [9.17, 15) is 9.90 Å². The molecule has 4 heterocycles. The fourth-order valence-electron chi connectivity index (χ4n) is 3.72. The Kier molecular flexibility index (Phi) is 9.09. The molecule has 3 N–H and O–H groups in total. The van der Waals surface area contributed by atoms with Crippen LogP contribution in [0.25, 0.3) is 5.78 Å². The first-order valence-electron chi connectivity index (χ1n) is 9.67. The fraction of sp³-hybridized carbons (Fsp3) is 0.556. The van der Waals surface area contributed by atoms with Gasteiger partial charge in [0, 0.05) is 45.5 Å². The van der Waals surface area contributed by atoms with Gasteiger partial charge < -0.3 is 30.0 Å². The highest BCUT2D eigenvalue weighted by molar-refractivity contribution is 5.80. The molecule has 2 aromatic rings. The molecule has 0 aliphatic carbocycles. The molecular weight excluding hydrogens is 410 g/mol. The number of aliphatic hydroxyl groups is 1. The number of anilines is 1.